The Morgan fingerprint density at radius 1 is 0.931 bits per heavy atom. The second kappa shape index (κ2) is 6.66. The number of amides is 2. The first-order chi connectivity index (χ1) is 13.8. The number of carbonyl (C=O) groups is 3. The van der Waals surface area contributed by atoms with Gasteiger partial charge in [-0.3, -0.25) is 9.59 Å². The summed E-state index contributed by atoms with van der Waals surface area (Å²) in [6, 6.07) is 12.7. The summed E-state index contributed by atoms with van der Waals surface area (Å²) in [4.78, 5) is 47.1. The molecular weight excluding hydrogens is 374 g/mol. The van der Waals surface area contributed by atoms with Gasteiger partial charge < -0.3 is 9.36 Å². The number of nitrogens with zero attached hydrogens (tertiary/aromatic N) is 3. The summed E-state index contributed by atoms with van der Waals surface area (Å²) in [5, 5.41) is 4.43. The monoisotopic (exact) mass is 391 g/mol. The van der Waals surface area contributed by atoms with Crippen molar-refractivity contribution in [3.8, 4) is 11.5 Å². The van der Waals surface area contributed by atoms with Crippen molar-refractivity contribution in [1.29, 1.82) is 0 Å². The van der Waals surface area contributed by atoms with E-state index in [-0.39, 0.29) is 28.0 Å². The zero-order valence-corrected chi connectivity index (χ0v) is 16.0. The Labute approximate surface area is 166 Å². The number of fused-ring (bicyclic) bond motifs is 1. The fourth-order valence-electron chi connectivity index (χ4n) is 2.87. The van der Waals surface area contributed by atoms with Gasteiger partial charge in [0.25, 0.3) is 17.7 Å². The summed E-state index contributed by atoms with van der Waals surface area (Å²) in [7, 11) is 0. The van der Waals surface area contributed by atoms with E-state index in [4.69, 9.17) is 9.36 Å². The molecule has 0 unspecified atom stereocenters. The molecule has 2 aromatic carbocycles. The quantitative estimate of drug-likeness (QED) is 0.630. The second-order valence-electron chi connectivity index (χ2n) is 7.55. The van der Waals surface area contributed by atoms with Crippen molar-refractivity contribution < 1.29 is 23.7 Å². The number of benzene rings is 2. The van der Waals surface area contributed by atoms with E-state index in [9.17, 15) is 14.4 Å². The largest absolute Gasteiger partial charge is 0.364 e. The van der Waals surface area contributed by atoms with Crippen LogP contribution < -0.4 is 0 Å². The van der Waals surface area contributed by atoms with Gasteiger partial charge in [0, 0.05) is 5.41 Å². The number of carbonyl (C=O) groups excluding carboxylic acids is 3. The SMILES string of the molecule is CC(C)(C)c1noc(-c2ccccc2C(=O)ON2C(=O)c3ccccc3C2=O)n1. The molecule has 146 valence electrons. The van der Waals surface area contributed by atoms with E-state index in [0.717, 1.165) is 0 Å². The van der Waals surface area contributed by atoms with Crippen molar-refractivity contribution in [1.82, 2.24) is 15.2 Å². The van der Waals surface area contributed by atoms with E-state index in [0.29, 0.717) is 16.5 Å². The van der Waals surface area contributed by atoms with Gasteiger partial charge in [-0.1, -0.05) is 55.3 Å². The normalized spacial score (nSPS) is 13.6. The van der Waals surface area contributed by atoms with Gasteiger partial charge in [-0.05, 0) is 24.3 Å². The highest BCUT2D eigenvalue weighted by molar-refractivity contribution is 6.21. The van der Waals surface area contributed by atoms with Gasteiger partial charge in [0.2, 0.25) is 0 Å². The maximum Gasteiger partial charge on any atom is 0.364 e. The highest BCUT2D eigenvalue weighted by atomic mass is 16.7. The molecule has 8 nitrogen and oxygen atoms in total. The van der Waals surface area contributed by atoms with E-state index in [2.05, 4.69) is 10.1 Å². The standard InChI is InChI=1S/C21H17N3O5/c1-21(2,3)20-22-16(28-23-20)12-8-4-7-11-15(12)19(27)29-24-17(25)13-9-5-6-10-14(13)18(24)26/h4-11H,1-3H3. The molecule has 2 amide bonds. The third kappa shape index (κ3) is 3.18. The third-order valence-corrected chi connectivity index (χ3v) is 4.41. The van der Waals surface area contributed by atoms with Crippen molar-refractivity contribution in [3.63, 3.8) is 0 Å². The van der Waals surface area contributed by atoms with Crippen LogP contribution in [0.3, 0.4) is 0 Å². The van der Waals surface area contributed by atoms with Gasteiger partial charge in [-0.15, -0.1) is 0 Å². The number of aromatic nitrogens is 2. The van der Waals surface area contributed by atoms with Crippen LogP contribution in [0.2, 0.25) is 0 Å². The van der Waals surface area contributed by atoms with Crippen LogP contribution >= 0.6 is 0 Å². The first-order valence-electron chi connectivity index (χ1n) is 8.91. The molecular formula is C21H17N3O5. The lowest BCUT2D eigenvalue weighted by molar-refractivity contribution is -0.0584. The molecule has 0 fully saturated rings. The maximum absolute atomic E-state index is 12.8. The summed E-state index contributed by atoms with van der Waals surface area (Å²) in [5.41, 5.74) is 0.470. The first kappa shape index (κ1) is 18.5. The van der Waals surface area contributed by atoms with E-state index in [1.807, 2.05) is 20.8 Å². The van der Waals surface area contributed by atoms with Crippen molar-refractivity contribution in [2.24, 2.45) is 0 Å². The third-order valence-electron chi connectivity index (χ3n) is 4.41. The summed E-state index contributed by atoms with van der Waals surface area (Å²) < 4.78 is 5.31. The molecule has 0 spiro atoms. The minimum atomic E-state index is -0.884. The predicted molar refractivity (Wildman–Crippen MR) is 101 cm³/mol. The molecule has 0 saturated carbocycles. The molecule has 0 N–H and O–H groups in total. The van der Waals surface area contributed by atoms with Crippen molar-refractivity contribution >= 4 is 17.8 Å². The number of hydrogen-bond donors (Lipinski definition) is 0. The van der Waals surface area contributed by atoms with Crippen LogP contribution in [0.1, 0.15) is 57.7 Å². The highest BCUT2D eigenvalue weighted by Crippen LogP contribution is 2.28. The maximum atomic E-state index is 12.8. The molecule has 0 bridgehead atoms. The van der Waals surface area contributed by atoms with Crippen LogP contribution in [0.5, 0.6) is 0 Å². The number of hydrogen-bond acceptors (Lipinski definition) is 7. The van der Waals surface area contributed by atoms with Crippen LogP contribution in [-0.2, 0) is 10.3 Å². The lowest BCUT2D eigenvalue weighted by atomic mass is 9.96. The molecule has 4 rings (SSSR count). The molecule has 29 heavy (non-hydrogen) atoms. The number of hydroxylamine groups is 2. The van der Waals surface area contributed by atoms with Crippen LogP contribution in [-0.4, -0.2) is 33.0 Å². The van der Waals surface area contributed by atoms with Crippen LogP contribution in [0.4, 0.5) is 0 Å². The molecule has 1 aliphatic rings. The van der Waals surface area contributed by atoms with Crippen molar-refractivity contribution in [2.75, 3.05) is 0 Å². The summed E-state index contributed by atoms with van der Waals surface area (Å²) in [6.07, 6.45) is 0. The molecule has 0 aliphatic carbocycles. The van der Waals surface area contributed by atoms with Crippen molar-refractivity contribution in [3.05, 3.63) is 71.0 Å². The average molecular weight is 391 g/mol. The first-order valence-corrected chi connectivity index (χ1v) is 8.91. The summed E-state index contributed by atoms with van der Waals surface area (Å²) in [5.74, 6) is -1.64. The molecule has 1 aromatic heterocycles. The smallest absolute Gasteiger partial charge is 0.334 e. The Kier molecular flexibility index (Phi) is 4.26. The molecule has 3 aromatic rings. The van der Waals surface area contributed by atoms with Gasteiger partial charge in [0.1, 0.15) is 0 Å². The Morgan fingerprint density at radius 2 is 1.48 bits per heavy atom. The number of rotatable bonds is 3. The van der Waals surface area contributed by atoms with E-state index in [1.165, 1.54) is 18.2 Å². The van der Waals surface area contributed by atoms with Gasteiger partial charge in [0.05, 0.1) is 22.3 Å². The summed E-state index contributed by atoms with van der Waals surface area (Å²) in [6.45, 7) is 5.80. The lowest BCUT2D eigenvalue weighted by Crippen LogP contribution is -2.32. The lowest BCUT2D eigenvalue weighted by Gasteiger charge is -2.13. The van der Waals surface area contributed by atoms with E-state index >= 15 is 0 Å². The van der Waals surface area contributed by atoms with E-state index in [1.54, 1.807) is 30.3 Å². The van der Waals surface area contributed by atoms with Gasteiger partial charge >= 0.3 is 5.97 Å². The summed E-state index contributed by atoms with van der Waals surface area (Å²) >= 11 is 0. The minimum absolute atomic E-state index is 0.0909. The molecule has 2 heterocycles. The number of imide groups is 1. The Hall–Kier alpha value is -3.81. The minimum Gasteiger partial charge on any atom is -0.334 e. The molecule has 8 heteroatoms. The molecule has 0 radical (unpaired) electrons. The predicted octanol–water partition coefficient (Wildman–Crippen LogP) is 3.40. The van der Waals surface area contributed by atoms with Gasteiger partial charge in [-0.2, -0.15) is 4.98 Å². The molecule has 1 aliphatic heterocycles. The van der Waals surface area contributed by atoms with Crippen LogP contribution in [0, 0.1) is 0 Å². The zero-order valence-electron chi connectivity index (χ0n) is 16.0. The van der Waals surface area contributed by atoms with Crippen molar-refractivity contribution in [2.45, 2.75) is 26.2 Å². The molecule has 0 saturated heterocycles. The fourth-order valence-corrected chi connectivity index (χ4v) is 2.87. The van der Waals surface area contributed by atoms with Gasteiger partial charge in [-0.25, -0.2) is 4.79 Å². The van der Waals surface area contributed by atoms with Crippen LogP contribution in [0.15, 0.2) is 53.1 Å². The molecule has 0 atom stereocenters. The van der Waals surface area contributed by atoms with Gasteiger partial charge in [0.15, 0.2) is 5.82 Å². The fraction of sp³-hybridized carbons (Fsp3) is 0.190. The van der Waals surface area contributed by atoms with Crippen LogP contribution in [0.25, 0.3) is 11.5 Å². The highest BCUT2D eigenvalue weighted by Gasteiger charge is 2.39. The topological polar surface area (TPSA) is 103 Å². The zero-order chi connectivity index (χ0) is 20.8. The average Bonchev–Trinajstić information content (AvgIpc) is 3.29. The Bertz CT molecular complexity index is 1110. The van der Waals surface area contributed by atoms with E-state index < -0.39 is 17.8 Å². The second-order valence-corrected chi connectivity index (χ2v) is 7.55. The Balaban J connectivity index is 1.64. The Morgan fingerprint density at radius 3 is 2.03 bits per heavy atom.